The largest absolute Gasteiger partial charge is 0.493 e. The number of nitrogens with two attached hydrogens (primary N) is 1. The lowest BCUT2D eigenvalue weighted by molar-refractivity contribution is 0.100. The first-order valence-electron chi connectivity index (χ1n) is 7.40. The van der Waals surface area contributed by atoms with E-state index < -0.39 is 5.91 Å². The van der Waals surface area contributed by atoms with E-state index in [1.165, 1.54) is 6.20 Å². The van der Waals surface area contributed by atoms with Crippen LogP contribution in [0.1, 0.15) is 10.4 Å². The van der Waals surface area contributed by atoms with Gasteiger partial charge in [0.25, 0.3) is 5.91 Å². The van der Waals surface area contributed by atoms with Crippen molar-refractivity contribution in [2.75, 3.05) is 19.5 Å². The number of anilines is 2. The summed E-state index contributed by atoms with van der Waals surface area (Å²) in [6.45, 7) is 0. The Bertz CT molecular complexity index is 942. The number of hydrogen-bond acceptors (Lipinski definition) is 5. The summed E-state index contributed by atoms with van der Waals surface area (Å²) in [4.78, 5) is 16.2. The average molecular weight is 358 g/mol. The van der Waals surface area contributed by atoms with E-state index in [9.17, 15) is 4.79 Å². The Kier molecular flexibility index (Phi) is 4.63. The number of halogens is 1. The molecule has 0 atom stereocenters. The van der Waals surface area contributed by atoms with Crippen LogP contribution in [-0.4, -0.2) is 25.1 Å². The number of carbonyl (C=O) groups excluding carboxylic acids is 1. The summed E-state index contributed by atoms with van der Waals surface area (Å²) < 4.78 is 10.7. The molecule has 0 saturated heterocycles. The molecule has 0 aliphatic carbocycles. The molecule has 3 rings (SSSR count). The van der Waals surface area contributed by atoms with E-state index in [-0.39, 0.29) is 5.56 Å². The van der Waals surface area contributed by atoms with Gasteiger partial charge in [0.15, 0.2) is 11.5 Å². The number of carbonyl (C=O) groups is 1. The zero-order valence-corrected chi connectivity index (χ0v) is 14.4. The van der Waals surface area contributed by atoms with Crippen molar-refractivity contribution in [2.24, 2.45) is 5.73 Å². The van der Waals surface area contributed by atoms with E-state index in [2.05, 4.69) is 10.3 Å². The molecule has 1 aromatic heterocycles. The number of amides is 1. The van der Waals surface area contributed by atoms with Gasteiger partial charge in [-0.3, -0.25) is 9.78 Å². The van der Waals surface area contributed by atoms with E-state index in [0.29, 0.717) is 33.1 Å². The van der Waals surface area contributed by atoms with Crippen LogP contribution in [0, 0.1) is 0 Å². The van der Waals surface area contributed by atoms with Gasteiger partial charge in [-0.15, -0.1) is 0 Å². The third-order valence-corrected chi connectivity index (χ3v) is 4.00. The number of hydrogen-bond donors (Lipinski definition) is 2. The molecule has 0 aliphatic rings. The highest BCUT2D eigenvalue weighted by Crippen LogP contribution is 2.37. The molecule has 0 bridgehead atoms. The smallest absolute Gasteiger partial charge is 0.252 e. The molecular formula is C18H16ClN3O3. The highest BCUT2D eigenvalue weighted by Gasteiger charge is 2.16. The number of fused-ring (bicyclic) bond motifs is 1. The van der Waals surface area contributed by atoms with Crippen LogP contribution in [0.3, 0.4) is 0 Å². The summed E-state index contributed by atoms with van der Waals surface area (Å²) in [5, 5.41) is 4.52. The number of nitrogens with zero attached hydrogens (tertiary/aromatic N) is 1. The number of ether oxygens (including phenoxy) is 2. The monoisotopic (exact) mass is 357 g/mol. The summed E-state index contributed by atoms with van der Waals surface area (Å²) in [6, 6.07) is 10.6. The molecule has 0 aliphatic heterocycles. The van der Waals surface area contributed by atoms with Gasteiger partial charge in [0.1, 0.15) is 0 Å². The van der Waals surface area contributed by atoms with Crippen molar-refractivity contribution in [3.05, 3.63) is 53.2 Å². The van der Waals surface area contributed by atoms with Gasteiger partial charge < -0.3 is 20.5 Å². The summed E-state index contributed by atoms with van der Waals surface area (Å²) >= 11 is 5.92. The Morgan fingerprint density at radius 3 is 2.36 bits per heavy atom. The van der Waals surface area contributed by atoms with Crippen molar-refractivity contribution in [2.45, 2.75) is 0 Å². The molecule has 1 amide bonds. The van der Waals surface area contributed by atoms with Crippen molar-refractivity contribution in [3.8, 4) is 11.5 Å². The van der Waals surface area contributed by atoms with Gasteiger partial charge in [-0.05, 0) is 30.3 Å². The molecule has 0 spiro atoms. The van der Waals surface area contributed by atoms with Gasteiger partial charge in [0, 0.05) is 28.4 Å². The number of pyridine rings is 1. The molecule has 0 fully saturated rings. The molecular weight excluding hydrogens is 342 g/mol. The predicted octanol–water partition coefficient (Wildman–Crippen LogP) is 3.75. The summed E-state index contributed by atoms with van der Waals surface area (Å²) in [5.74, 6) is 0.491. The summed E-state index contributed by atoms with van der Waals surface area (Å²) in [5.41, 5.74) is 7.73. The Morgan fingerprint density at radius 2 is 1.76 bits per heavy atom. The number of nitrogens with one attached hydrogen (secondary N) is 1. The van der Waals surface area contributed by atoms with Crippen LogP contribution >= 0.6 is 11.6 Å². The lowest BCUT2D eigenvalue weighted by Gasteiger charge is -2.15. The Morgan fingerprint density at radius 1 is 1.12 bits per heavy atom. The standard InChI is InChI=1S/C18H16ClN3O3/c1-24-15-7-12-14(8-16(15)25-2)21-9-13(18(20)23)17(12)22-11-5-3-10(19)4-6-11/h3-9H,1-2H3,(H2,20,23)(H,21,22). The first-order valence-corrected chi connectivity index (χ1v) is 7.78. The van der Waals surface area contributed by atoms with Crippen LogP contribution in [0.2, 0.25) is 5.02 Å². The zero-order chi connectivity index (χ0) is 18.0. The van der Waals surface area contributed by atoms with E-state index in [4.69, 9.17) is 26.8 Å². The Labute approximate surface area is 149 Å². The second-order valence-electron chi connectivity index (χ2n) is 5.27. The first-order chi connectivity index (χ1) is 12.0. The number of benzene rings is 2. The van der Waals surface area contributed by atoms with Gasteiger partial charge in [-0.1, -0.05) is 11.6 Å². The van der Waals surface area contributed by atoms with Gasteiger partial charge in [-0.2, -0.15) is 0 Å². The first kappa shape index (κ1) is 16.9. The van der Waals surface area contributed by atoms with Gasteiger partial charge in [0.05, 0.1) is 31.0 Å². The maximum absolute atomic E-state index is 11.9. The van der Waals surface area contributed by atoms with Gasteiger partial charge >= 0.3 is 0 Å². The van der Waals surface area contributed by atoms with E-state index in [1.54, 1.807) is 50.6 Å². The minimum absolute atomic E-state index is 0.273. The fourth-order valence-electron chi connectivity index (χ4n) is 2.52. The topological polar surface area (TPSA) is 86.5 Å². The highest BCUT2D eigenvalue weighted by molar-refractivity contribution is 6.30. The van der Waals surface area contributed by atoms with E-state index in [1.807, 2.05) is 0 Å². The molecule has 3 aromatic rings. The number of methoxy groups -OCH3 is 2. The molecule has 0 unspecified atom stereocenters. The van der Waals surface area contributed by atoms with Gasteiger partial charge in [-0.25, -0.2) is 0 Å². The van der Waals surface area contributed by atoms with Crippen molar-refractivity contribution >= 4 is 39.8 Å². The fraction of sp³-hybridized carbons (Fsp3) is 0.111. The lowest BCUT2D eigenvalue weighted by Crippen LogP contribution is -2.14. The molecule has 0 radical (unpaired) electrons. The molecule has 128 valence electrons. The molecule has 0 saturated carbocycles. The quantitative estimate of drug-likeness (QED) is 0.726. The van der Waals surface area contributed by atoms with Crippen molar-refractivity contribution in [3.63, 3.8) is 0 Å². The van der Waals surface area contributed by atoms with Crippen molar-refractivity contribution in [1.82, 2.24) is 4.98 Å². The Hall–Kier alpha value is -2.99. The molecule has 25 heavy (non-hydrogen) atoms. The van der Waals surface area contributed by atoms with Crippen LogP contribution in [0.15, 0.2) is 42.6 Å². The minimum Gasteiger partial charge on any atom is -0.493 e. The van der Waals surface area contributed by atoms with Crippen LogP contribution in [0.5, 0.6) is 11.5 Å². The van der Waals surface area contributed by atoms with Crippen LogP contribution in [0.25, 0.3) is 10.9 Å². The number of rotatable bonds is 5. The second kappa shape index (κ2) is 6.86. The lowest BCUT2D eigenvalue weighted by atomic mass is 10.1. The van der Waals surface area contributed by atoms with E-state index >= 15 is 0 Å². The van der Waals surface area contributed by atoms with Crippen LogP contribution < -0.4 is 20.5 Å². The third kappa shape index (κ3) is 3.29. The van der Waals surface area contributed by atoms with Crippen molar-refractivity contribution in [1.29, 1.82) is 0 Å². The fourth-order valence-corrected chi connectivity index (χ4v) is 2.64. The molecule has 7 heteroatoms. The number of aromatic nitrogens is 1. The molecule has 6 nitrogen and oxygen atoms in total. The Balaban J connectivity index is 2.22. The zero-order valence-electron chi connectivity index (χ0n) is 13.7. The predicted molar refractivity (Wildman–Crippen MR) is 98.1 cm³/mol. The normalized spacial score (nSPS) is 10.5. The molecule has 3 N–H and O–H groups in total. The molecule has 1 heterocycles. The maximum atomic E-state index is 11.9. The van der Waals surface area contributed by atoms with Gasteiger partial charge in [0.2, 0.25) is 0 Å². The van der Waals surface area contributed by atoms with Crippen LogP contribution in [0.4, 0.5) is 11.4 Å². The SMILES string of the molecule is COc1cc2ncc(C(N)=O)c(Nc3ccc(Cl)cc3)c2cc1OC. The highest BCUT2D eigenvalue weighted by atomic mass is 35.5. The molecule has 2 aromatic carbocycles. The van der Waals surface area contributed by atoms with Crippen molar-refractivity contribution < 1.29 is 14.3 Å². The number of primary amides is 1. The third-order valence-electron chi connectivity index (χ3n) is 3.75. The van der Waals surface area contributed by atoms with Crippen LogP contribution in [-0.2, 0) is 0 Å². The maximum Gasteiger partial charge on any atom is 0.252 e. The summed E-state index contributed by atoms with van der Waals surface area (Å²) in [6.07, 6.45) is 1.44. The average Bonchev–Trinajstić information content (AvgIpc) is 2.62. The second-order valence-corrected chi connectivity index (χ2v) is 5.70. The van der Waals surface area contributed by atoms with E-state index in [0.717, 1.165) is 5.69 Å². The minimum atomic E-state index is -0.583. The summed E-state index contributed by atoms with van der Waals surface area (Å²) in [7, 11) is 3.09.